The predicted octanol–water partition coefficient (Wildman–Crippen LogP) is 4.04. The van der Waals surface area contributed by atoms with E-state index in [9.17, 15) is 4.39 Å². The van der Waals surface area contributed by atoms with Crippen LogP contribution in [0.4, 0.5) is 4.39 Å². The molecule has 4 heteroatoms. The van der Waals surface area contributed by atoms with E-state index in [2.05, 4.69) is 15.9 Å². The summed E-state index contributed by atoms with van der Waals surface area (Å²) in [5.74, 6) is 0.470. The molecule has 2 aromatic rings. The van der Waals surface area contributed by atoms with Crippen molar-refractivity contribution in [1.29, 1.82) is 0 Å². The van der Waals surface area contributed by atoms with Crippen LogP contribution < -0.4 is 10.5 Å². The second kappa shape index (κ2) is 6.17. The van der Waals surface area contributed by atoms with Crippen molar-refractivity contribution >= 4 is 15.9 Å². The van der Waals surface area contributed by atoms with Crippen LogP contribution in [0.5, 0.6) is 5.75 Å². The molecule has 0 heterocycles. The van der Waals surface area contributed by atoms with Crippen LogP contribution in [0, 0.1) is 5.82 Å². The molecule has 0 amide bonds. The third-order valence-corrected chi connectivity index (χ3v) is 3.54. The Morgan fingerprint density at radius 3 is 2.79 bits per heavy atom. The largest absolute Gasteiger partial charge is 0.494 e. The summed E-state index contributed by atoms with van der Waals surface area (Å²) in [5, 5.41) is 0. The number of hydrogen-bond acceptors (Lipinski definition) is 2. The van der Waals surface area contributed by atoms with Crippen LogP contribution in [0.15, 0.2) is 46.9 Å². The van der Waals surface area contributed by atoms with Crippen molar-refractivity contribution < 1.29 is 9.13 Å². The summed E-state index contributed by atoms with van der Waals surface area (Å²) in [7, 11) is 0. The summed E-state index contributed by atoms with van der Waals surface area (Å²) < 4.78 is 19.6. The van der Waals surface area contributed by atoms with Crippen molar-refractivity contribution in [2.45, 2.75) is 13.0 Å². The second-order valence-corrected chi connectivity index (χ2v) is 5.00. The Hall–Kier alpha value is -1.39. The van der Waals surface area contributed by atoms with Gasteiger partial charge in [0, 0.05) is 4.47 Å². The number of rotatable bonds is 4. The Morgan fingerprint density at radius 2 is 2.05 bits per heavy atom. The van der Waals surface area contributed by atoms with Gasteiger partial charge < -0.3 is 10.5 Å². The van der Waals surface area contributed by atoms with Crippen LogP contribution in [0.1, 0.15) is 24.1 Å². The highest BCUT2D eigenvalue weighted by Crippen LogP contribution is 2.29. The molecule has 0 aliphatic heterocycles. The normalized spacial score (nSPS) is 12.2. The van der Waals surface area contributed by atoms with E-state index >= 15 is 0 Å². The van der Waals surface area contributed by atoms with Crippen LogP contribution in [-0.2, 0) is 0 Å². The first-order valence-electron chi connectivity index (χ1n) is 6.05. The summed E-state index contributed by atoms with van der Waals surface area (Å²) in [6, 6.07) is 11.7. The number of ether oxygens (including phenoxy) is 1. The molecule has 1 atom stereocenters. The van der Waals surface area contributed by atoms with Crippen molar-refractivity contribution in [2.24, 2.45) is 5.73 Å². The Labute approximate surface area is 120 Å². The standard InChI is InChI=1S/C15H15BrFNO/c1-2-19-12-5-3-4-10(8-12)15(18)13-9-11(17)6-7-14(13)16/h3-9,15H,2,18H2,1H3. The fourth-order valence-electron chi connectivity index (χ4n) is 1.90. The third kappa shape index (κ3) is 3.33. The molecule has 0 bridgehead atoms. The molecule has 0 aliphatic rings. The summed E-state index contributed by atoms with van der Waals surface area (Å²) in [4.78, 5) is 0. The Balaban J connectivity index is 2.35. The highest BCUT2D eigenvalue weighted by Gasteiger charge is 2.13. The highest BCUT2D eigenvalue weighted by atomic mass is 79.9. The zero-order valence-corrected chi connectivity index (χ0v) is 12.2. The zero-order valence-electron chi connectivity index (χ0n) is 10.6. The molecular weight excluding hydrogens is 309 g/mol. The van der Waals surface area contributed by atoms with Gasteiger partial charge in [-0.05, 0) is 48.4 Å². The van der Waals surface area contributed by atoms with Crippen LogP contribution >= 0.6 is 15.9 Å². The molecule has 2 rings (SSSR count). The maximum absolute atomic E-state index is 13.3. The van der Waals surface area contributed by atoms with Gasteiger partial charge in [0.1, 0.15) is 11.6 Å². The lowest BCUT2D eigenvalue weighted by Gasteiger charge is -2.15. The average molecular weight is 324 g/mol. The fourth-order valence-corrected chi connectivity index (χ4v) is 2.39. The van der Waals surface area contributed by atoms with Crippen LogP contribution in [0.3, 0.4) is 0 Å². The fraction of sp³-hybridized carbons (Fsp3) is 0.200. The van der Waals surface area contributed by atoms with Crippen LogP contribution in [0.2, 0.25) is 0 Å². The summed E-state index contributed by atoms with van der Waals surface area (Å²) in [6.07, 6.45) is 0. The molecule has 2 N–H and O–H groups in total. The van der Waals surface area contributed by atoms with Gasteiger partial charge >= 0.3 is 0 Å². The molecule has 100 valence electrons. The first-order valence-corrected chi connectivity index (χ1v) is 6.84. The first-order chi connectivity index (χ1) is 9.11. The second-order valence-electron chi connectivity index (χ2n) is 4.15. The summed E-state index contributed by atoms with van der Waals surface area (Å²) >= 11 is 3.40. The Kier molecular flexibility index (Phi) is 4.56. The molecule has 2 nitrogen and oxygen atoms in total. The molecule has 0 aliphatic carbocycles. The van der Waals surface area contributed by atoms with Crippen LogP contribution in [-0.4, -0.2) is 6.61 Å². The van der Waals surface area contributed by atoms with Crippen molar-refractivity contribution in [3.05, 3.63) is 63.9 Å². The van der Waals surface area contributed by atoms with E-state index in [1.807, 2.05) is 31.2 Å². The van der Waals surface area contributed by atoms with Crippen LogP contribution in [0.25, 0.3) is 0 Å². The topological polar surface area (TPSA) is 35.2 Å². The first kappa shape index (κ1) is 14.0. The van der Waals surface area contributed by atoms with Crippen molar-refractivity contribution in [3.63, 3.8) is 0 Å². The van der Waals surface area contributed by atoms with Gasteiger partial charge in [0.15, 0.2) is 0 Å². The molecule has 1 unspecified atom stereocenters. The molecule has 0 saturated heterocycles. The quantitative estimate of drug-likeness (QED) is 0.921. The lowest BCUT2D eigenvalue weighted by Crippen LogP contribution is -2.13. The SMILES string of the molecule is CCOc1cccc(C(N)c2cc(F)ccc2Br)c1. The zero-order chi connectivity index (χ0) is 13.8. The maximum Gasteiger partial charge on any atom is 0.123 e. The minimum absolute atomic E-state index is 0.297. The molecule has 0 fully saturated rings. The van der Waals surface area contributed by atoms with Gasteiger partial charge in [-0.15, -0.1) is 0 Å². The van der Waals surface area contributed by atoms with Gasteiger partial charge in [-0.2, -0.15) is 0 Å². The Morgan fingerprint density at radius 1 is 1.26 bits per heavy atom. The summed E-state index contributed by atoms with van der Waals surface area (Å²) in [6.45, 7) is 2.53. The third-order valence-electron chi connectivity index (χ3n) is 2.82. The van der Waals surface area contributed by atoms with Gasteiger partial charge in [0.05, 0.1) is 12.6 Å². The van der Waals surface area contributed by atoms with E-state index in [4.69, 9.17) is 10.5 Å². The van der Waals surface area contributed by atoms with E-state index < -0.39 is 6.04 Å². The van der Waals surface area contributed by atoms with E-state index in [1.54, 1.807) is 6.07 Å². The summed E-state index contributed by atoms with van der Waals surface area (Å²) in [5.41, 5.74) is 7.80. The molecule has 0 aromatic heterocycles. The van der Waals surface area contributed by atoms with E-state index in [1.165, 1.54) is 12.1 Å². The predicted molar refractivity (Wildman–Crippen MR) is 77.7 cm³/mol. The molecule has 0 saturated carbocycles. The Bertz CT molecular complexity index is 574. The van der Waals surface area contributed by atoms with Gasteiger partial charge in [0.2, 0.25) is 0 Å². The van der Waals surface area contributed by atoms with Crippen molar-refractivity contribution in [3.8, 4) is 5.75 Å². The van der Waals surface area contributed by atoms with Gasteiger partial charge in [-0.3, -0.25) is 0 Å². The van der Waals surface area contributed by atoms with Gasteiger partial charge in [-0.25, -0.2) is 4.39 Å². The van der Waals surface area contributed by atoms with E-state index in [0.29, 0.717) is 12.2 Å². The smallest absolute Gasteiger partial charge is 0.123 e. The molecular formula is C15H15BrFNO. The van der Waals surface area contributed by atoms with E-state index in [0.717, 1.165) is 15.8 Å². The minimum Gasteiger partial charge on any atom is -0.494 e. The van der Waals surface area contributed by atoms with Crippen molar-refractivity contribution in [1.82, 2.24) is 0 Å². The molecule has 19 heavy (non-hydrogen) atoms. The number of benzene rings is 2. The van der Waals surface area contributed by atoms with Gasteiger partial charge in [-0.1, -0.05) is 28.1 Å². The van der Waals surface area contributed by atoms with E-state index in [-0.39, 0.29) is 5.82 Å². The maximum atomic E-state index is 13.3. The lowest BCUT2D eigenvalue weighted by molar-refractivity contribution is 0.340. The monoisotopic (exact) mass is 323 g/mol. The molecule has 2 aromatic carbocycles. The minimum atomic E-state index is -0.398. The molecule has 0 radical (unpaired) electrons. The number of hydrogen-bond donors (Lipinski definition) is 1. The lowest BCUT2D eigenvalue weighted by atomic mass is 9.99. The average Bonchev–Trinajstić information content (AvgIpc) is 2.41. The van der Waals surface area contributed by atoms with Crippen molar-refractivity contribution in [2.75, 3.05) is 6.61 Å². The molecule has 0 spiro atoms. The number of halogens is 2. The van der Waals surface area contributed by atoms with Gasteiger partial charge in [0.25, 0.3) is 0 Å². The highest BCUT2D eigenvalue weighted by molar-refractivity contribution is 9.10. The number of nitrogens with two attached hydrogens (primary N) is 1.